The predicted molar refractivity (Wildman–Crippen MR) is 163 cm³/mol. The van der Waals surface area contributed by atoms with E-state index in [0.29, 0.717) is 17.3 Å². The third-order valence-electron chi connectivity index (χ3n) is 6.89. The van der Waals surface area contributed by atoms with Gasteiger partial charge in [0.25, 0.3) is 0 Å². The lowest BCUT2D eigenvalue weighted by Gasteiger charge is -2.10. The van der Waals surface area contributed by atoms with Crippen LogP contribution < -0.4 is 14.9 Å². The molecule has 212 valence electrons. The van der Waals surface area contributed by atoms with Crippen LogP contribution in [0.3, 0.4) is 0 Å². The molecule has 8 nitrogen and oxygen atoms in total. The average molecular weight is 561 g/mol. The lowest BCUT2D eigenvalue weighted by Crippen LogP contribution is -2.16. The summed E-state index contributed by atoms with van der Waals surface area (Å²) >= 11 is 0. The van der Waals surface area contributed by atoms with E-state index in [1.54, 1.807) is 18.3 Å². The third-order valence-corrected chi connectivity index (χ3v) is 6.89. The summed E-state index contributed by atoms with van der Waals surface area (Å²) in [6.07, 6.45) is 6.88. The summed E-state index contributed by atoms with van der Waals surface area (Å²) < 4.78 is 21.3. The number of rotatable bonds is 10. The number of hydrazone groups is 1. The van der Waals surface area contributed by atoms with Gasteiger partial charge in [-0.2, -0.15) is 5.10 Å². The number of nitrogens with zero attached hydrogens (tertiary/aromatic N) is 3. The molecule has 0 saturated carbocycles. The standard InChI is InChI=1S/C34H32N4O4/c1-6-19-40-30-13-11-29(12-14-30)38-25(4)20-27(26(38)5)21-35-36-34(39)33-18-17-32(42-33)22-41-31-15-9-28(10-16-31)37-23(2)7-8-24(37)3/h1,7-18,20-21H,19,22H2,2-5H3,(H,36,39)/b35-21+. The fraction of sp³-hybridized carbons (Fsp3) is 0.176. The Morgan fingerprint density at radius 3 is 2.12 bits per heavy atom. The fourth-order valence-electron chi connectivity index (χ4n) is 4.85. The number of nitrogens with one attached hydrogen (secondary N) is 1. The lowest BCUT2D eigenvalue weighted by molar-refractivity contribution is 0.0923. The van der Waals surface area contributed by atoms with E-state index >= 15 is 0 Å². The Kier molecular flexibility index (Phi) is 8.30. The van der Waals surface area contributed by atoms with Gasteiger partial charge in [0, 0.05) is 39.7 Å². The van der Waals surface area contributed by atoms with Crippen LogP contribution in [0, 0.1) is 40.0 Å². The molecule has 0 atom stereocenters. The van der Waals surface area contributed by atoms with Crippen LogP contribution in [0.2, 0.25) is 0 Å². The van der Waals surface area contributed by atoms with Gasteiger partial charge in [0.1, 0.15) is 30.5 Å². The number of benzene rings is 2. The number of carbonyl (C=O) groups excluding carboxylic acids is 1. The SMILES string of the molecule is C#CCOc1ccc(-n2c(C)cc(/C=N/NC(=O)c3ccc(COc4ccc(-n5c(C)ccc5C)cc4)o3)c2C)cc1. The van der Waals surface area contributed by atoms with Gasteiger partial charge in [0.05, 0.1) is 6.21 Å². The van der Waals surface area contributed by atoms with Crippen LogP contribution in [-0.4, -0.2) is 27.9 Å². The van der Waals surface area contributed by atoms with E-state index in [4.69, 9.17) is 20.3 Å². The number of hydrogen-bond donors (Lipinski definition) is 1. The Morgan fingerprint density at radius 1 is 0.857 bits per heavy atom. The fourth-order valence-corrected chi connectivity index (χ4v) is 4.85. The molecule has 5 rings (SSSR count). The predicted octanol–water partition coefficient (Wildman–Crippen LogP) is 6.45. The van der Waals surface area contributed by atoms with E-state index in [-0.39, 0.29) is 19.0 Å². The molecule has 1 amide bonds. The van der Waals surface area contributed by atoms with Crippen molar-refractivity contribution in [2.75, 3.05) is 6.61 Å². The zero-order valence-electron chi connectivity index (χ0n) is 24.0. The smallest absolute Gasteiger partial charge is 0.307 e. The molecule has 0 unspecified atom stereocenters. The Balaban J connectivity index is 1.16. The second-order valence-electron chi connectivity index (χ2n) is 9.85. The highest BCUT2D eigenvalue weighted by Gasteiger charge is 2.13. The largest absolute Gasteiger partial charge is 0.486 e. The first-order valence-corrected chi connectivity index (χ1v) is 13.5. The van der Waals surface area contributed by atoms with Gasteiger partial charge in [0.15, 0.2) is 5.76 Å². The summed E-state index contributed by atoms with van der Waals surface area (Å²) in [5.74, 6) is 4.11. The number of furan rings is 1. The zero-order valence-corrected chi connectivity index (χ0v) is 24.0. The Bertz CT molecular complexity index is 1740. The van der Waals surface area contributed by atoms with E-state index in [9.17, 15) is 4.79 Å². The van der Waals surface area contributed by atoms with Crippen molar-refractivity contribution < 1.29 is 18.7 Å². The third kappa shape index (κ3) is 6.16. The minimum absolute atomic E-state index is 0.150. The maximum absolute atomic E-state index is 12.6. The van der Waals surface area contributed by atoms with Crippen molar-refractivity contribution in [3.05, 3.63) is 119 Å². The van der Waals surface area contributed by atoms with Gasteiger partial charge < -0.3 is 23.0 Å². The van der Waals surface area contributed by atoms with Crippen LogP contribution in [0.4, 0.5) is 0 Å². The highest BCUT2D eigenvalue weighted by molar-refractivity contribution is 5.92. The minimum atomic E-state index is -0.448. The molecule has 0 saturated heterocycles. The van der Waals surface area contributed by atoms with Crippen molar-refractivity contribution in [1.82, 2.24) is 14.6 Å². The number of amides is 1. The lowest BCUT2D eigenvalue weighted by atomic mass is 10.2. The molecule has 8 heteroatoms. The van der Waals surface area contributed by atoms with Crippen LogP contribution in [0.15, 0.2) is 88.4 Å². The molecular weight excluding hydrogens is 528 g/mol. The van der Waals surface area contributed by atoms with Crippen LogP contribution in [0.25, 0.3) is 11.4 Å². The maximum Gasteiger partial charge on any atom is 0.307 e. The summed E-state index contributed by atoms with van der Waals surface area (Å²) in [5.41, 5.74) is 9.81. The molecule has 2 aromatic carbocycles. The monoisotopic (exact) mass is 560 g/mol. The summed E-state index contributed by atoms with van der Waals surface area (Å²) in [6.45, 7) is 8.58. The molecule has 3 aromatic heterocycles. The number of aryl methyl sites for hydroxylation is 3. The minimum Gasteiger partial charge on any atom is -0.486 e. The van der Waals surface area contributed by atoms with Gasteiger partial charge in [-0.05, 0) is 107 Å². The van der Waals surface area contributed by atoms with Crippen molar-refractivity contribution >= 4 is 12.1 Å². The van der Waals surface area contributed by atoms with E-state index in [0.717, 1.165) is 28.3 Å². The molecule has 5 aromatic rings. The average Bonchev–Trinajstić information content (AvgIpc) is 3.68. The zero-order chi connectivity index (χ0) is 29.6. The molecule has 0 fully saturated rings. The molecule has 0 radical (unpaired) electrons. The highest BCUT2D eigenvalue weighted by Crippen LogP contribution is 2.23. The highest BCUT2D eigenvalue weighted by atomic mass is 16.5. The van der Waals surface area contributed by atoms with Crippen molar-refractivity contribution in [3.8, 4) is 35.2 Å². The van der Waals surface area contributed by atoms with Gasteiger partial charge in [-0.1, -0.05) is 5.92 Å². The number of aromatic nitrogens is 2. The number of carbonyl (C=O) groups is 1. The van der Waals surface area contributed by atoms with E-state index in [1.807, 2.05) is 68.4 Å². The van der Waals surface area contributed by atoms with E-state index in [2.05, 4.69) is 51.6 Å². The van der Waals surface area contributed by atoms with Crippen LogP contribution in [0.5, 0.6) is 11.5 Å². The summed E-state index contributed by atoms with van der Waals surface area (Å²) in [7, 11) is 0. The molecule has 0 spiro atoms. The van der Waals surface area contributed by atoms with Crippen molar-refractivity contribution in [2.24, 2.45) is 5.10 Å². The van der Waals surface area contributed by atoms with Crippen molar-refractivity contribution in [3.63, 3.8) is 0 Å². The molecular formula is C34H32N4O4. The molecule has 0 bridgehead atoms. The summed E-state index contributed by atoms with van der Waals surface area (Å²) in [5, 5.41) is 4.15. The summed E-state index contributed by atoms with van der Waals surface area (Å²) in [4.78, 5) is 12.6. The Morgan fingerprint density at radius 2 is 1.48 bits per heavy atom. The van der Waals surface area contributed by atoms with Gasteiger partial charge in [-0.25, -0.2) is 5.43 Å². The van der Waals surface area contributed by atoms with E-state index < -0.39 is 5.91 Å². The normalized spacial score (nSPS) is 11.0. The molecule has 42 heavy (non-hydrogen) atoms. The second-order valence-corrected chi connectivity index (χ2v) is 9.85. The first-order valence-electron chi connectivity index (χ1n) is 13.5. The maximum atomic E-state index is 12.6. The quantitative estimate of drug-likeness (QED) is 0.121. The van der Waals surface area contributed by atoms with Crippen LogP contribution in [-0.2, 0) is 6.61 Å². The number of ether oxygens (including phenoxy) is 2. The molecule has 0 aliphatic heterocycles. The van der Waals surface area contributed by atoms with Gasteiger partial charge in [-0.15, -0.1) is 6.42 Å². The van der Waals surface area contributed by atoms with Crippen molar-refractivity contribution in [1.29, 1.82) is 0 Å². The summed E-state index contributed by atoms with van der Waals surface area (Å²) in [6, 6.07) is 25.1. The van der Waals surface area contributed by atoms with E-state index in [1.165, 1.54) is 11.4 Å². The Labute approximate surface area is 245 Å². The molecule has 0 aliphatic carbocycles. The molecule has 3 heterocycles. The first-order chi connectivity index (χ1) is 20.3. The van der Waals surface area contributed by atoms with Crippen molar-refractivity contribution in [2.45, 2.75) is 34.3 Å². The second kappa shape index (κ2) is 12.4. The topological polar surface area (TPSA) is 82.9 Å². The van der Waals surface area contributed by atoms with Gasteiger partial charge >= 0.3 is 5.91 Å². The first kappa shape index (κ1) is 28.1. The molecule has 1 N–H and O–H groups in total. The Hall–Kier alpha value is -5.42. The van der Waals surface area contributed by atoms with Gasteiger partial charge in [-0.3, -0.25) is 4.79 Å². The molecule has 0 aliphatic rings. The van der Waals surface area contributed by atoms with Crippen LogP contribution in [0.1, 0.15) is 44.7 Å². The van der Waals surface area contributed by atoms with Gasteiger partial charge in [0.2, 0.25) is 0 Å². The number of terminal acetylenes is 1. The van der Waals surface area contributed by atoms with Crippen LogP contribution >= 0.6 is 0 Å². The number of hydrogen-bond acceptors (Lipinski definition) is 5.